The van der Waals surface area contributed by atoms with E-state index >= 15 is 0 Å². The first-order valence-electron chi connectivity index (χ1n) is 5.18. The van der Waals surface area contributed by atoms with E-state index in [4.69, 9.17) is 4.74 Å². The summed E-state index contributed by atoms with van der Waals surface area (Å²) in [5.41, 5.74) is -1.18. The number of nitrogens with zero attached hydrogens (tertiary/aromatic N) is 2. The topological polar surface area (TPSA) is 70.1 Å². The zero-order valence-electron chi connectivity index (χ0n) is 9.89. The average molecular weight is 230 g/mol. The molecule has 6 nitrogen and oxygen atoms in total. The summed E-state index contributed by atoms with van der Waals surface area (Å²) < 4.78 is 4.89. The van der Waals surface area contributed by atoms with Crippen LogP contribution in [0.1, 0.15) is 13.3 Å². The molecule has 0 aliphatic carbocycles. The number of carbonyl (C=O) groups is 2. The van der Waals surface area contributed by atoms with Crippen LogP contribution in [-0.4, -0.2) is 66.3 Å². The van der Waals surface area contributed by atoms with E-state index in [0.717, 1.165) is 0 Å². The molecule has 1 heterocycles. The molecule has 0 aromatic rings. The fourth-order valence-electron chi connectivity index (χ4n) is 1.76. The minimum Gasteiger partial charge on any atom is -0.480 e. The van der Waals surface area contributed by atoms with Gasteiger partial charge < -0.3 is 19.6 Å². The van der Waals surface area contributed by atoms with Crippen LogP contribution in [0.3, 0.4) is 0 Å². The van der Waals surface area contributed by atoms with Gasteiger partial charge in [-0.25, -0.2) is 9.59 Å². The number of hydrogen-bond donors (Lipinski definition) is 1. The Labute approximate surface area is 94.8 Å². The fraction of sp³-hybridized carbons (Fsp3) is 0.800. The van der Waals surface area contributed by atoms with Crippen molar-refractivity contribution in [3.05, 3.63) is 0 Å². The molecular formula is C10H18N2O4. The summed E-state index contributed by atoms with van der Waals surface area (Å²) >= 11 is 0. The van der Waals surface area contributed by atoms with E-state index in [0.29, 0.717) is 26.1 Å². The molecule has 0 saturated carbocycles. The van der Waals surface area contributed by atoms with Crippen LogP contribution >= 0.6 is 0 Å². The number of likely N-dealkylation sites (N-methyl/N-ethyl adjacent to an activating group) is 1. The van der Waals surface area contributed by atoms with Crippen molar-refractivity contribution in [2.75, 3.05) is 33.9 Å². The summed E-state index contributed by atoms with van der Waals surface area (Å²) in [5, 5.41) is 9.26. The van der Waals surface area contributed by atoms with Crippen LogP contribution < -0.4 is 0 Å². The first-order chi connectivity index (χ1) is 7.43. The number of carboxylic acids is 1. The van der Waals surface area contributed by atoms with E-state index in [1.54, 1.807) is 14.0 Å². The van der Waals surface area contributed by atoms with Gasteiger partial charge in [-0.2, -0.15) is 0 Å². The van der Waals surface area contributed by atoms with E-state index in [1.165, 1.54) is 16.9 Å². The summed E-state index contributed by atoms with van der Waals surface area (Å²) in [6.07, 6.45) is 0.290. The lowest BCUT2D eigenvalue weighted by molar-refractivity contribution is -0.149. The first-order valence-corrected chi connectivity index (χ1v) is 5.18. The molecule has 1 saturated heterocycles. The predicted octanol–water partition coefficient (Wildman–Crippen LogP) is 0.234. The quantitative estimate of drug-likeness (QED) is 0.734. The van der Waals surface area contributed by atoms with E-state index < -0.39 is 11.5 Å². The van der Waals surface area contributed by atoms with Crippen molar-refractivity contribution < 1.29 is 19.4 Å². The molecule has 2 amide bonds. The second-order valence-electron chi connectivity index (χ2n) is 4.18. The van der Waals surface area contributed by atoms with E-state index in [1.807, 2.05) is 0 Å². The summed E-state index contributed by atoms with van der Waals surface area (Å²) in [7, 11) is 3.18. The van der Waals surface area contributed by atoms with Gasteiger partial charge in [0.05, 0.1) is 0 Å². The zero-order chi connectivity index (χ0) is 12.3. The predicted molar refractivity (Wildman–Crippen MR) is 57.3 cm³/mol. The highest BCUT2D eigenvalue weighted by atomic mass is 16.5. The number of urea groups is 1. The van der Waals surface area contributed by atoms with Crippen LogP contribution in [0.2, 0.25) is 0 Å². The molecule has 6 heteroatoms. The molecule has 1 unspecified atom stereocenters. The molecule has 0 aromatic heterocycles. The number of carbonyl (C=O) groups excluding carboxylic acids is 1. The third-order valence-corrected chi connectivity index (χ3v) is 3.07. The number of methoxy groups -OCH3 is 1. The number of hydrogen-bond acceptors (Lipinski definition) is 3. The molecule has 1 atom stereocenters. The highest BCUT2D eigenvalue weighted by Crippen LogP contribution is 2.24. The number of rotatable bonds is 5. The molecule has 0 radical (unpaired) electrons. The average Bonchev–Trinajstić information content (AvgIpc) is 2.56. The smallest absolute Gasteiger partial charge is 0.329 e. The molecule has 1 N–H and O–H groups in total. The summed E-state index contributed by atoms with van der Waals surface area (Å²) in [4.78, 5) is 26.0. The van der Waals surface area contributed by atoms with Crippen LogP contribution in [0, 0.1) is 0 Å². The molecule has 1 aliphatic heterocycles. The van der Waals surface area contributed by atoms with Gasteiger partial charge in [-0.15, -0.1) is 0 Å². The van der Waals surface area contributed by atoms with Crippen molar-refractivity contribution in [2.45, 2.75) is 18.9 Å². The lowest BCUT2D eigenvalue weighted by Crippen LogP contribution is -2.54. The largest absolute Gasteiger partial charge is 0.480 e. The maximum atomic E-state index is 11.8. The van der Waals surface area contributed by atoms with Crippen LogP contribution in [0.5, 0.6) is 0 Å². The summed E-state index contributed by atoms with van der Waals surface area (Å²) in [6, 6.07) is -0.235. The maximum Gasteiger partial charge on any atom is 0.329 e. The highest BCUT2D eigenvalue weighted by molar-refractivity contribution is 5.87. The number of amides is 2. The Bertz CT molecular complexity index is 295. The van der Waals surface area contributed by atoms with Crippen molar-refractivity contribution >= 4 is 12.0 Å². The van der Waals surface area contributed by atoms with E-state index in [9.17, 15) is 14.7 Å². The zero-order valence-corrected chi connectivity index (χ0v) is 9.89. The maximum absolute atomic E-state index is 11.8. The van der Waals surface area contributed by atoms with Gasteiger partial charge in [0, 0.05) is 40.3 Å². The van der Waals surface area contributed by atoms with Crippen LogP contribution in [-0.2, 0) is 9.53 Å². The molecule has 1 fully saturated rings. The van der Waals surface area contributed by atoms with Crippen molar-refractivity contribution in [1.82, 2.24) is 9.80 Å². The monoisotopic (exact) mass is 230 g/mol. The minimum absolute atomic E-state index is 0.235. The van der Waals surface area contributed by atoms with Crippen molar-refractivity contribution in [3.8, 4) is 0 Å². The molecule has 0 spiro atoms. The Balaban J connectivity index is 2.85. The lowest BCUT2D eigenvalue weighted by Gasteiger charge is -2.34. The third-order valence-electron chi connectivity index (χ3n) is 3.07. The molecule has 92 valence electrons. The SMILES string of the molecule is COCCC(C)(C(=O)O)N1CCN(C)C1=O. The minimum atomic E-state index is -1.18. The Hall–Kier alpha value is -1.30. The van der Waals surface area contributed by atoms with Crippen molar-refractivity contribution in [2.24, 2.45) is 0 Å². The van der Waals surface area contributed by atoms with Gasteiger partial charge in [0.2, 0.25) is 0 Å². The Morgan fingerprint density at radius 2 is 2.19 bits per heavy atom. The van der Waals surface area contributed by atoms with Gasteiger partial charge in [0.1, 0.15) is 5.54 Å². The standard InChI is InChI=1S/C10H18N2O4/c1-10(8(13)14,4-7-16-3)12-6-5-11(2)9(12)15/h4-7H2,1-3H3,(H,13,14). The lowest BCUT2D eigenvalue weighted by atomic mass is 9.96. The summed E-state index contributed by atoms with van der Waals surface area (Å²) in [6.45, 7) is 2.89. The fourth-order valence-corrected chi connectivity index (χ4v) is 1.76. The first kappa shape index (κ1) is 12.8. The second-order valence-corrected chi connectivity index (χ2v) is 4.18. The molecule has 0 aromatic carbocycles. The van der Waals surface area contributed by atoms with Crippen molar-refractivity contribution in [1.29, 1.82) is 0 Å². The Kier molecular flexibility index (Phi) is 3.74. The van der Waals surface area contributed by atoms with Gasteiger partial charge in [0.25, 0.3) is 0 Å². The van der Waals surface area contributed by atoms with Crippen molar-refractivity contribution in [3.63, 3.8) is 0 Å². The van der Waals surface area contributed by atoms with Gasteiger partial charge in [-0.1, -0.05) is 0 Å². The number of ether oxygens (including phenoxy) is 1. The number of carboxylic acid groups (broad SMARTS) is 1. The molecule has 0 bridgehead atoms. The summed E-state index contributed by atoms with van der Waals surface area (Å²) in [5.74, 6) is -0.992. The van der Waals surface area contributed by atoms with Crippen LogP contribution in [0.4, 0.5) is 4.79 Å². The van der Waals surface area contributed by atoms with Gasteiger partial charge in [-0.05, 0) is 6.92 Å². The molecule has 16 heavy (non-hydrogen) atoms. The molecule has 1 aliphatic rings. The van der Waals surface area contributed by atoms with Gasteiger partial charge >= 0.3 is 12.0 Å². The molecular weight excluding hydrogens is 212 g/mol. The normalized spacial score (nSPS) is 20.1. The Morgan fingerprint density at radius 1 is 1.56 bits per heavy atom. The van der Waals surface area contributed by atoms with Crippen LogP contribution in [0.25, 0.3) is 0 Å². The van der Waals surface area contributed by atoms with E-state index in [2.05, 4.69) is 0 Å². The van der Waals surface area contributed by atoms with E-state index in [-0.39, 0.29) is 6.03 Å². The third kappa shape index (κ3) is 2.11. The van der Waals surface area contributed by atoms with Gasteiger partial charge in [0.15, 0.2) is 0 Å². The second kappa shape index (κ2) is 4.69. The molecule has 1 rings (SSSR count). The Morgan fingerprint density at radius 3 is 2.56 bits per heavy atom. The van der Waals surface area contributed by atoms with Crippen LogP contribution in [0.15, 0.2) is 0 Å². The van der Waals surface area contributed by atoms with Gasteiger partial charge in [-0.3, -0.25) is 0 Å². The highest BCUT2D eigenvalue weighted by Gasteiger charge is 2.45. The number of aliphatic carboxylic acids is 1.